The Hall–Kier alpha value is -1.80. The minimum Gasteiger partial charge on any atom is -0.324 e. The predicted molar refractivity (Wildman–Crippen MR) is 51.0 cm³/mol. The van der Waals surface area contributed by atoms with Crippen molar-refractivity contribution >= 4 is 11.6 Å². The summed E-state index contributed by atoms with van der Waals surface area (Å²) >= 11 is 0. The average Bonchev–Trinajstić information content (AvgIpc) is 2.27. The minimum atomic E-state index is -5.95. The van der Waals surface area contributed by atoms with Crippen LogP contribution in [0, 0.1) is 5.82 Å². The number of carbonyl (C=O) groups is 1. The number of rotatable bonds is 3. The van der Waals surface area contributed by atoms with Crippen molar-refractivity contribution in [2.75, 3.05) is 12.0 Å². The fourth-order valence-electron chi connectivity index (χ4n) is 1.19. The molecule has 0 spiro atoms. The third-order valence-corrected chi connectivity index (χ3v) is 2.07. The van der Waals surface area contributed by atoms with Gasteiger partial charge in [-0.1, -0.05) is 0 Å². The Labute approximate surface area is 102 Å². The van der Waals surface area contributed by atoms with E-state index in [9.17, 15) is 35.5 Å². The third-order valence-electron chi connectivity index (χ3n) is 2.07. The van der Waals surface area contributed by atoms with Crippen molar-refractivity contribution in [2.45, 2.75) is 12.1 Å². The molecule has 0 bridgehead atoms. The fraction of sp³-hybridized carbons (Fsp3) is 0.300. The Bertz CT molecular complexity index is 483. The van der Waals surface area contributed by atoms with Crippen LogP contribution in [0.1, 0.15) is 5.56 Å². The van der Waals surface area contributed by atoms with E-state index in [0.29, 0.717) is 6.07 Å². The molecule has 1 aromatic carbocycles. The van der Waals surface area contributed by atoms with E-state index in [1.165, 1.54) is 0 Å². The quantitative estimate of drug-likeness (QED) is 0.849. The van der Waals surface area contributed by atoms with E-state index < -0.39 is 41.7 Å². The number of halogens is 7. The lowest BCUT2D eigenvalue weighted by molar-refractivity contribution is -0.290. The summed E-state index contributed by atoms with van der Waals surface area (Å²) in [6, 6.07) is 1.05. The zero-order valence-electron chi connectivity index (χ0n) is 8.99. The summed E-state index contributed by atoms with van der Waals surface area (Å²) in [4.78, 5) is 10.6. The second kappa shape index (κ2) is 5.06. The fourth-order valence-corrected chi connectivity index (χ4v) is 1.19. The van der Waals surface area contributed by atoms with E-state index in [4.69, 9.17) is 0 Å². The molecule has 0 saturated carbocycles. The summed E-state index contributed by atoms with van der Waals surface area (Å²) in [6.45, 7) is -1.44. The lowest BCUT2D eigenvalue weighted by atomic mass is 10.1. The highest BCUT2D eigenvalue weighted by Crippen LogP contribution is 2.44. The summed E-state index contributed by atoms with van der Waals surface area (Å²) in [5.41, 5.74) is -2.31. The van der Waals surface area contributed by atoms with Gasteiger partial charge in [-0.15, -0.1) is 0 Å². The van der Waals surface area contributed by atoms with Crippen LogP contribution in [0.25, 0.3) is 0 Å². The van der Waals surface area contributed by atoms with Crippen molar-refractivity contribution in [2.24, 2.45) is 0 Å². The molecule has 0 heterocycles. The number of benzene rings is 1. The number of alkyl halides is 6. The number of nitrogens with one attached hydrogen (secondary N) is 1. The Morgan fingerprint density at radius 3 is 2.16 bits per heavy atom. The molecule has 2 nitrogen and oxygen atoms in total. The maximum absolute atomic E-state index is 13.2. The smallest absolute Gasteiger partial charge is 0.324 e. The van der Waals surface area contributed by atoms with Crippen molar-refractivity contribution in [1.29, 1.82) is 0 Å². The van der Waals surface area contributed by atoms with Crippen LogP contribution in [0.2, 0.25) is 0 Å². The summed E-state index contributed by atoms with van der Waals surface area (Å²) in [6.07, 6.45) is -5.95. The predicted octanol–water partition coefficient (Wildman–Crippen LogP) is 3.39. The highest BCUT2D eigenvalue weighted by Gasteiger charge is 2.59. The maximum Gasteiger partial charge on any atom is 0.458 e. The zero-order valence-corrected chi connectivity index (χ0v) is 8.99. The van der Waals surface area contributed by atoms with Gasteiger partial charge in [-0.2, -0.15) is 22.0 Å². The number of anilines is 1. The van der Waals surface area contributed by atoms with Crippen LogP contribution in [0.15, 0.2) is 18.2 Å². The number of hydrogen-bond donors (Lipinski definition) is 1. The van der Waals surface area contributed by atoms with Crippen molar-refractivity contribution in [3.8, 4) is 0 Å². The van der Waals surface area contributed by atoms with E-state index in [2.05, 4.69) is 0 Å². The Balaban J connectivity index is 3.11. The molecule has 0 atom stereocenters. The van der Waals surface area contributed by atoms with Gasteiger partial charge in [-0.05, 0) is 18.2 Å². The van der Waals surface area contributed by atoms with Crippen molar-refractivity contribution in [3.05, 3.63) is 29.6 Å². The van der Waals surface area contributed by atoms with Crippen LogP contribution < -0.4 is 5.32 Å². The van der Waals surface area contributed by atoms with Gasteiger partial charge in [0.05, 0.1) is 5.56 Å². The normalized spacial score (nSPS) is 12.4. The van der Waals surface area contributed by atoms with Crippen LogP contribution in [0.4, 0.5) is 36.4 Å². The number of amides is 1. The highest BCUT2D eigenvalue weighted by atomic mass is 19.4. The molecule has 1 N–H and O–H groups in total. The lowest BCUT2D eigenvalue weighted by Gasteiger charge is -2.20. The van der Waals surface area contributed by atoms with Crippen LogP contribution in [-0.4, -0.2) is 18.8 Å². The molecule has 0 unspecified atom stereocenters. The second-order valence-electron chi connectivity index (χ2n) is 3.45. The Morgan fingerprint density at radius 1 is 1.16 bits per heavy atom. The van der Waals surface area contributed by atoms with E-state index in [1.54, 1.807) is 5.32 Å². The number of carbonyl (C=O) groups excluding carboxylic acids is 1. The van der Waals surface area contributed by atoms with Gasteiger partial charge in [0.2, 0.25) is 0 Å². The molecule has 0 saturated heterocycles. The summed E-state index contributed by atoms with van der Waals surface area (Å²) in [7, 11) is 0. The van der Waals surface area contributed by atoms with Crippen LogP contribution in [-0.2, 0) is 10.7 Å². The van der Waals surface area contributed by atoms with Gasteiger partial charge in [0, 0.05) is 5.69 Å². The van der Waals surface area contributed by atoms with Gasteiger partial charge in [-0.3, -0.25) is 4.79 Å². The molecule has 0 fully saturated rings. The first-order valence-corrected chi connectivity index (χ1v) is 4.70. The first-order valence-electron chi connectivity index (χ1n) is 4.70. The van der Waals surface area contributed by atoms with Gasteiger partial charge in [0.25, 0.3) is 5.91 Å². The molecule has 0 aliphatic carbocycles. The van der Waals surface area contributed by atoms with Gasteiger partial charge < -0.3 is 5.32 Å². The molecule has 106 valence electrons. The van der Waals surface area contributed by atoms with Crippen LogP contribution in [0.5, 0.6) is 0 Å². The van der Waals surface area contributed by atoms with E-state index in [0.717, 1.165) is 0 Å². The molecule has 1 aromatic rings. The van der Waals surface area contributed by atoms with Gasteiger partial charge >= 0.3 is 12.1 Å². The third kappa shape index (κ3) is 3.15. The Kier molecular flexibility index (Phi) is 4.06. The molecule has 0 aliphatic rings. The summed E-state index contributed by atoms with van der Waals surface area (Å²) in [5.74, 6) is -8.41. The lowest BCUT2D eigenvalue weighted by Crippen LogP contribution is -2.34. The average molecular weight is 289 g/mol. The topological polar surface area (TPSA) is 29.1 Å². The molecular weight excluding hydrogens is 283 g/mol. The molecule has 0 aromatic heterocycles. The van der Waals surface area contributed by atoms with Crippen molar-refractivity contribution in [3.63, 3.8) is 0 Å². The molecule has 1 amide bonds. The van der Waals surface area contributed by atoms with Crippen molar-refractivity contribution in [1.82, 2.24) is 0 Å². The first kappa shape index (κ1) is 15.3. The standard InChI is InChI=1S/C10H6F7NO/c11-4-8(19)18-5-1-2-6(7(12)3-5)9(13,14)10(15,16)17/h1-3H,4H2,(H,18,19). The molecule has 1 rings (SSSR count). The molecule has 9 heteroatoms. The molecule has 19 heavy (non-hydrogen) atoms. The monoisotopic (exact) mass is 289 g/mol. The van der Waals surface area contributed by atoms with E-state index >= 15 is 0 Å². The summed E-state index contributed by atoms with van der Waals surface area (Å²) < 4.78 is 86.9. The Morgan fingerprint density at radius 2 is 1.74 bits per heavy atom. The molecular formula is C10H6F7NO. The van der Waals surface area contributed by atoms with Crippen LogP contribution >= 0.6 is 0 Å². The second-order valence-corrected chi connectivity index (χ2v) is 3.45. The summed E-state index contributed by atoms with van der Waals surface area (Å²) in [5, 5.41) is 1.77. The highest BCUT2D eigenvalue weighted by molar-refractivity contribution is 5.91. The van der Waals surface area contributed by atoms with Crippen LogP contribution in [0.3, 0.4) is 0 Å². The van der Waals surface area contributed by atoms with Gasteiger partial charge in [0.1, 0.15) is 5.82 Å². The van der Waals surface area contributed by atoms with Gasteiger partial charge in [-0.25, -0.2) is 8.78 Å². The first-order chi connectivity index (χ1) is 8.59. The number of hydrogen-bond acceptors (Lipinski definition) is 1. The maximum atomic E-state index is 13.2. The largest absolute Gasteiger partial charge is 0.458 e. The van der Waals surface area contributed by atoms with Gasteiger partial charge in [0.15, 0.2) is 6.67 Å². The zero-order chi connectivity index (χ0) is 14.8. The van der Waals surface area contributed by atoms with E-state index in [1.807, 2.05) is 0 Å². The molecule has 0 radical (unpaired) electrons. The minimum absolute atomic E-state index is 0.177. The van der Waals surface area contributed by atoms with E-state index in [-0.39, 0.29) is 12.1 Å². The SMILES string of the molecule is O=C(CF)Nc1ccc(C(F)(F)C(F)(F)F)c(F)c1. The molecule has 0 aliphatic heterocycles. The van der Waals surface area contributed by atoms with Crippen molar-refractivity contribution < 1.29 is 35.5 Å².